The standard InChI is InChI=1S/C16H13BrF2N2O/c1-8(11-3-2-10(18)6-14(11)19)21-7-13-12(16(21)22)4-9(17)5-15(13)20/h2-6,8H,7,20H2,1H3/t8-/m1/s1. The topological polar surface area (TPSA) is 46.3 Å². The number of anilines is 1. The fourth-order valence-electron chi connectivity index (χ4n) is 2.74. The number of benzene rings is 2. The summed E-state index contributed by atoms with van der Waals surface area (Å²) in [6, 6.07) is 6.31. The molecule has 0 fully saturated rings. The fraction of sp³-hybridized carbons (Fsp3) is 0.188. The van der Waals surface area contributed by atoms with Crippen molar-refractivity contribution in [3.05, 3.63) is 63.1 Å². The normalized spacial score (nSPS) is 15.1. The zero-order valence-corrected chi connectivity index (χ0v) is 13.3. The third-order valence-electron chi connectivity index (χ3n) is 3.95. The van der Waals surface area contributed by atoms with Crippen molar-refractivity contribution in [3.63, 3.8) is 0 Å². The van der Waals surface area contributed by atoms with E-state index in [1.807, 2.05) is 0 Å². The van der Waals surface area contributed by atoms with E-state index in [9.17, 15) is 13.6 Å². The molecule has 3 rings (SSSR count). The molecule has 0 radical (unpaired) electrons. The minimum atomic E-state index is -0.662. The molecule has 0 aromatic heterocycles. The quantitative estimate of drug-likeness (QED) is 0.815. The highest BCUT2D eigenvalue weighted by molar-refractivity contribution is 9.10. The zero-order valence-electron chi connectivity index (χ0n) is 11.7. The first-order valence-electron chi connectivity index (χ1n) is 6.72. The van der Waals surface area contributed by atoms with Gasteiger partial charge in [-0.3, -0.25) is 4.79 Å². The first-order chi connectivity index (χ1) is 10.4. The molecule has 0 bridgehead atoms. The number of nitrogen functional groups attached to an aromatic ring is 1. The van der Waals surface area contributed by atoms with Gasteiger partial charge in [0.15, 0.2) is 0 Å². The van der Waals surface area contributed by atoms with Crippen molar-refractivity contribution in [2.45, 2.75) is 19.5 Å². The average Bonchev–Trinajstić information content (AvgIpc) is 2.76. The number of hydrogen-bond acceptors (Lipinski definition) is 2. The Hall–Kier alpha value is -1.95. The summed E-state index contributed by atoms with van der Waals surface area (Å²) < 4.78 is 27.7. The molecule has 1 aliphatic heterocycles. The highest BCUT2D eigenvalue weighted by Gasteiger charge is 2.33. The summed E-state index contributed by atoms with van der Waals surface area (Å²) in [7, 11) is 0. The van der Waals surface area contributed by atoms with Gasteiger partial charge < -0.3 is 10.6 Å². The molecule has 1 amide bonds. The second-order valence-electron chi connectivity index (χ2n) is 5.30. The summed E-state index contributed by atoms with van der Waals surface area (Å²) in [4.78, 5) is 14.1. The Morgan fingerprint density at radius 3 is 2.68 bits per heavy atom. The summed E-state index contributed by atoms with van der Waals surface area (Å²) in [5, 5.41) is 0. The predicted molar refractivity (Wildman–Crippen MR) is 83.2 cm³/mol. The molecular formula is C16H13BrF2N2O. The second-order valence-corrected chi connectivity index (χ2v) is 6.21. The molecule has 0 aliphatic carbocycles. The van der Waals surface area contributed by atoms with Gasteiger partial charge in [-0.1, -0.05) is 22.0 Å². The molecule has 2 aromatic carbocycles. The summed E-state index contributed by atoms with van der Waals surface area (Å²) >= 11 is 3.31. The second kappa shape index (κ2) is 5.35. The lowest BCUT2D eigenvalue weighted by atomic mass is 10.1. The number of nitrogens with two attached hydrogens (primary N) is 1. The molecular weight excluding hydrogens is 354 g/mol. The third-order valence-corrected chi connectivity index (χ3v) is 4.41. The van der Waals surface area contributed by atoms with E-state index in [0.29, 0.717) is 17.8 Å². The number of amides is 1. The third kappa shape index (κ3) is 2.37. The first-order valence-corrected chi connectivity index (χ1v) is 7.51. The van der Waals surface area contributed by atoms with Crippen LogP contribution in [0.4, 0.5) is 14.5 Å². The monoisotopic (exact) mass is 366 g/mol. The molecule has 0 saturated carbocycles. The van der Waals surface area contributed by atoms with E-state index >= 15 is 0 Å². The Morgan fingerprint density at radius 1 is 1.27 bits per heavy atom. The van der Waals surface area contributed by atoms with Gasteiger partial charge in [-0.2, -0.15) is 0 Å². The lowest BCUT2D eigenvalue weighted by molar-refractivity contribution is 0.0713. The molecule has 1 aliphatic rings. The largest absolute Gasteiger partial charge is 0.398 e. The minimum Gasteiger partial charge on any atom is -0.398 e. The Labute approximate surface area is 134 Å². The van der Waals surface area contributed by atoms with Crippen molar-refractivity contribution in [1.82, 2.24) is 4.90 Å². The van der Waals surface area contributed by atoms with Crippen LogP contribution in [-0.2, 0) is 6.54 Å². The molecule has 3 nitrogen and oxygen atoms in total. The minimum absolute atomic E-state index is 0.209. The van der Waals surface area contributed by atoms with Crippen LogP contribution in [0.25, 0.3) is 0 Å². The molecule has 1 atom stereocenters. The number of rotatable bonds is 2. The molecule has 6 heteroatoms. The van der Waals surface area contributed by atoms with Crippen molar-refractivity contribution in [3.8, 4) is 0 Å². The lowest BCUT2D eigenvalue weighted by Gasteiger charge is -2.25. The molecule has 114 valence electrons. The molecule has 22 heavy (non-hydrogen) atoms. The van der Waals surface area contributed by atoms with E-state index in [0.717, 1.165) is 16.1 Å². The van der Waals surface area contributed by atoms with Gasteiger partial charge in [-0.15, -0.1) is 0 Å². The van der Waals surface area contributed by atoms with Gasteiger partial charge in [0.1, 0.15) is 11.6 Å². The van der Waals surface area contributed by atoms with Gasteiger partial charge in [0.2, 0.25) is 0 Å². The number of carbonyl (C=O) groups is 1. The van der Waals surface area contributed by atoms with Crippen molar-refractivity contribution < 1.29 is 13.6 Å². The smallest absolute Gasteiger partial charge is 0.255 e. The highest BCUT2D eigenvalue weighted by Crippen LogP contribution is 2.36. The Bertz CT molecular complexity index is 779. The van der Waals surface area contributed by atoms with Crippen LogP contribution in [0.3, 0.4) is 0 Å². The number of hydrogen-bond donors (Lipinski definition) is 1. The van der Waals surface area contributed by atoms with Gasteiger partial charge in [-0.25, -0.2) is 8.78 Å². The van der Waals surface area contributed by atoms with Gasteiger partial charge >= 0.3 is 0 Å². The van der Waals surface area contributed by atoms with Crippen molar-refractivity contribution in [1.29, 1.82) is 0 Å². The van der Waals surface area contributed by atoms with Crippen LogP contribution < -0.4 is 5.73 Å². The van der Waals surface area contributed by atoms with E-state index in [1.165, 1.54) is 17.0 Å². The summed E-state index contributed by atoms with van der Waals surface area (Å²) in [5.41, 5.74) is 8.01. The lowest BCUT2D eigenvalue weighted by Crippen LogP contribution is -2.28. The van der Waals surface area contributed by atoms with Crippen LogP contribution in [0.5, 0.6) is 0 Å². The van der Waals surface area contributed by atoms with Crippen LogP contribution in [0.15, 0.2) is 34.8 Å². The maximum Gasteiger partial charge on any atom is 0.255 e. The maximum absolute atomic E-state index is 13.9. The van der Waals surface area contributed by atoms with E-state index < -0.39 is 17.7 Å². The molecule has 0 saturated heterocycles. The van der Waals surface area contributed by atoms with Crippen molar-refractivity contribution in [2.24, 2.45) is 0 Å². The molecule has 0 spiro atoms. The van der Waals surface area contributed by atoms with Crippen LogP contribution >= 0.6 is 15.9 Å². The van der Waals surface area contributed by atoms with Crippen LogP contribution in [-0.4, -0.2) is 10.8 Å². The molecule has 2 aromatic rings. The first kappa shape index (κ1) is 15.0. The Balaban J connectivity index is 1.97. The van der Waals surface area contributed by atoms with Crippen molar-refractivity contribution >= 4 is 27.5 Å². The van der Waals surface area contributed by atoms with Gasteiger partial charge in [0.05, 0.1) is 6.04 Å². The molecule has 1 heterocycles. The van der Waals surface area contributed by atoms with Crippen LogP contribution in [0, 0.1) is 11.6 Å². The number of fused-ring (bicyclic) bond motifs is 1. The van der Waals surface area contributed by atoms with Gasteiger partial charge in [0.25, 0.3) is 5.91 Å². The number of nitrogens with zero attached hydrogens (tertiary/aromatic N) is 1. The maximum atomic E-state index is 13.9. The summed E-state index contributed by atoms with van der Waals surface area (Å²) in [6.07, 6.45) is 0. The van der Waals surface area contributed by atoms with E-state index in [2.05, 4.69) is 15.9 Å². The molecule has 0 unspecified atom stereocenters. The SMILES string of the molecule is C[C@H](c1ccc(F)cc1F)N1Cc2c(N)cc(Br)cc2C1=O. The summed E-state index contributed by atoms with van der Waals surface area (Å²) in [5.74, 6) is -1.51. The van der Waals surface area contributed by atoms with E-state index in [-0.39, 0.29) is 11.5 Å². The average molecular weight is 367 g/mol. The van der Waals surface area contributed by atoms with Crippen molar-refractivity contribution in [2.75, 3.05) is 5.73 Å². The van der Waals surface area contributed by atoms with Gasteiger partial charge in [0, 0.05) is 39.5 Å². The Kier molecular flexibility index (Phi) is 3.64. The van der Waals surface area contributed by atoms with Crippen LogP contribution in [0.1, 0.15) is 34.5 Å². The number of halogens is 3. The van der Waals surface area contributed by atoms with E-state index in [4.69, 9.17) is 5.73 Å². The van der Waals surface area contributed by atoms with Crippen LogP contribution in [0.2, 0.25) is 0 Å². The zero-order chi connectivity index (χ0) is 16.0. The molecule has 2 N–H and O–H groups in total. The van der Waals surface area contributed by atoms with E-state index in [1.54, 1.807) is 19.1 Å². The predicted octanol–water partition coefficient (Wildman–Crippen LogP) is 4.03. The number of carbonyl (C=O) groups excluding carboxylic acids is 1. The summed E-state index contributed by atoms with van der Waals surface area (Å²) in [6.45, 7) is 2.02. The fourth-order valence-corrected chi connectivity index (χ4v) is 3.22. The Morgan fingerprint density at radius 2 is 2.00 bits per heavy atom. The van der Waals surface area contributed by atoms with Gasteiger partial charge in [-0.05, 0) is 25.1 Å². The highest BCUT2D eigenvalue weighted by atomic mass is 79.9.